The number of carboxylic acid groups (broad SMARTS) is 1. The zero-order valence-corrected chi connectivity index (χ0v) is 14.9. The van der Waals surface area contributed by atoms with Crippen LogP contribution in [0, 0.1) is 12.3 Å². The number of carbonyl (C=O) groups excluding carboxylic acids is 1. The van der Waals surface area contributed by atoms with Gasteiger partial charge >= 0.3 is 5.97 Å². The monoisotopic (exact) mass is 354 g/mol. The lowest BCUT2D eigenvalue weighted by molar-refractivity contribution is -0.151. The van der Waals surface area contributed by atoms with Crippen LogP contribution in [-0.4, -0.2) is 53.7 Å². The molecule has 6 nitrogen and oxygen atoms in total. The molecule has 1 aromatic carbocycles. The topological polar surface area (TPSA) is 79.7 Å². The Hall–Kier alpha value is -2.73. The maximum atomic E-state index is 13.0. The van der Waals surface area contributed by atoms with Gasteiger partial charge in [0, 0.05) is 37.5 Å². The van der Waals surface area contributed by atoms with Gasteiger partial charge in [-0.25, -0.2) is 0 Å². The molecule has 1 aliphatic heterocycles. The van der Waals surface area contributed by atoms with Crippen LogP contribution in [0.4, 0.5) is 0 Å². The molecule has 1 amide bonds. The zero-order chi connectivity index (χ0) is 18.7. The lowest BCUT2D eigenvalue weighted by Gasteiger charge is -2.24. The van der Waals surface area contributed by atoms with Crippen LogP contribution in [0.25, 0.3) is 11.3 Å². The first-order valence-corrected chi connectivity index (χ1v) is 8.51. The molecular weight excluding hydrogens is 332 g/mol. The number of ether oxygens (including phenoxy) is 1. The van der Waals surface area contributed by atoms with E-state index in [1.165, 1.54) is 7.11 Å². The number of likely N-dealkylation sites (tertiary alicyclic amines) is 1. The fourth-order valence-corrected chi connectivity index (χ4v) is 3.51. The third-order valence-corrected chi connectivity index (χ3v) is 5.02. The van der Waals surface area contributed by atoms with E-state index in [4.69, 9.17) is 4.74 Å². The van der Waals surface area contributed by atoms with Gasteiger partial charge in [-0.1, -0.05) is 18.2 Å². The fourth-order valence-electron chi connectivity index (χ4n) is 3.51. The summed E-state index contributed by atoms with van der Waals surface area (Å²) in [6.07, 6.45) is 2.11. The number of rotatable bonds is 5. The van der Waals surface area contributed by atoms with Crippen LogP contribution >= 0.6 is 0 Å². The van der Waals surface area contributed by atoms with Crippen molar-refractivity contribution in [3.8, 4) is 11.3 Å². The van der Waals surface area contributed by atoms with Crippen LogP contribution in [0.1, 0.15) is 22.3 Å². The maximum absolute atomic E-state index is 13.0. The molecule has 1 N–H and O–H groups in total. The smallest absolute Gasteiger partial charge is 0.313 e. The predicted octanol–water partition coefficient (Wildman–Crippen LogP) is 2.62. The molecule has 6 heteroatoms. The van der Waals surface area contributed by atoms with E-state index < -0.39 is 11.4 Å². The molecule has 3 rings (SSSR count). The Labute approximate surface area is 152 Å². The van der Waals surface area contributed by atoms with E-state index in [0.717, 1.165) is 16.8 Å². The van der Waals surface area contributed by atoms with Gasteiger partial charge in [-0.05, 0) is 37.1 Å². The van der Waals surface area contributed by atoms with Crippen molar-refractivity contribution in [1.29, 1.82) is 0 Å². The standard InChI is InChI=1S/C20H22N2O4/c1-14-15(17-8-3-4-10-21-17)6-5-7-16(14)18(23)22-11-9-20(12-22,13-26-2)19(24)25/h3-8,10H,9,11-13H2,1-2H3,(H,24,25). The average Bonchev–Trinajstić information content (AvgIpc) is 3.08. The lowest BCUT2D eigenvalue weighted by atomic mass is 9.88. The van der Waals surface area contributed by atoms with Gasteiger partial charge in [0.25, 0.3) is 5.91 Å². The minimum atomic E-state index is -1.03. The van der Waals surface area contributed by atoms with E-state index in [2.05, 4.69) is 4.98 Å². The summed E-state index contributed by atoms with van der Waals surface area (Å²) in [4.78, 5) is 30.7. The van der Waals surface area contributed by atoms with E-state index in [1.807, 2.05) is 37.3 Å². The summed E-state index contributed by atoms with van der Waals surface area (Å²) in [6, 6.07) is 11.2. The first kappa shape index (κ1) is 18.1. The van der Waals surface area contributed by atoms with Crippen LogP contribution in [0.15, 0.2) is 42.6 Å². The Morgan fingerprint density at radius 2 is 2.08 bits per heavy atom. The molecule has 0 saturated carbocycles. The molecule has 1 aliphatic rings. The Kier molecular flexibility index (Phi) is 5.04. The summed E-state index contributed by atoms with van der Waals surface area (Å²) in [5, 5.41) is 9.59. The number of carbonyl (C=O) groups is 2. The van der Waals surface area contributed by atoms with Crippen LogP contribution < -0.4 is 0 Å². The number of pyridine rings is 1. The molecule has 1 saturated heterocycles. The molecule has 2 heterocycles. The lowest BCUT2D eigenvalue weighted by Crippen LogP contribution is -2.40. The van der Waals surface area contributed by atoms with Crippen molar-refractivity contribution in [1.82, 2.24) is 9.88 Å². The maximum Gasteiger partial charge on any atom is 0.313 e. The van der Waals surface area contributed by atoms with Crippen molar-refractivity contribution < 1.29 is 19.4 Å². The zero-order valence-electron chi connectivity index (χ0n) is 14.9. The van der Waals surface area contributed by atoms with Gasteiger partial charge in [0.1, 0.15) is 5.41 Å². The molecule has 1 unspecified atom stereocenters. The van der Waals surface area contributed by atoms with Gasteiger partial charge in [0.05, 0.1) is 12.3 Å². The largest absolute Gasteiger partial charge is 0.481 e. The number of methoxy groups -OCH3 is 1. The van der Waals surface area contributed by atoms with Gasteiger partial charge in [0.15, 0.2) is 0 Å². The second-order valence-corrected chi connectivity index (χ2v) is 6.69. The van der Waals surface area contributed by atoms with Gasteiger partial charge < -0.3 is 14.7 Å². The van der Waals surface area contributed by atoms with Crippen LogP contribution in [0.2, 0.25) is 0 Å². The van der Waals surface area contributed by atoms with E-state index in [1.54, 1.807) is 17.2 Å². The number of benzene rings is 1. The highest BCUT2D eigenvalue weighted by Gasteiger charge is 2.46. The second-order valence-electron chi connectivity index (χ2n) is 6.69. The summed E-state index contributed by atoms with van der Waals surface area (Å²) in [7, 11) is 1.48. The van der Waals surface area contributed by atoms with Crippen LogP contribution in [-0.2, 0) is 9.53 Å². The number of aliphatic carboxylic acids is 1. The molecule has 1 fully saturated rings. The van der Waals surface area contributed by atoms with Crippen LogP contribution in [0.3, 0.4) is 0 Å². The third kappa shape index (κ3) is 3.20. The highest BCUT2D eigenvalue weighted by molar-refractivity contribution is 5.98. The number of nitrogens with zero attached hydrogens (tertiary/aromatic N) is 2. The highest BCUT2D eigenvalue weighted by atomic mass is 16.5. The van der Waals surface area contributed by atoms with Crippen molar-refractivity contribution in [3.63, 3.8) is 0 Å². The molecule has 0 aliphatic carbocycles. The van der Waals surface area contributed by atoms with Crippen molar-refractivity contribution >= 4 is 11.9 Å². The van der Waals surface area contributed by atoms with E-state index in [0.29, 0.717) is 18.5 Å². The molecule has 26 heavy (non-hydrogen) atoms. The summed E-state index contributed by atoms with van der Waals surface area (Å²) >= 11 is 0. The van der Waals surface area contributed by atoms with Gasteiger partial charge in [-0.2, -0.15) is 0 Å². The quantitative estimate of drug-likeness (QED) is 0.893. The molecule has 0 spiro atoms. The van der Waals surface area contributed by atoms with Crippen LogP contribution in [0.5, 0.6) is 0 Å². The molecular formula is C20H22N2O4. The summed E-state index contributed by atoms with van der Waals surface area (Å²) in [5.74, 6) is -1.08. The number of hydrogen-bond donors (Lipinski definition) is 1. The number of amides is 1. The molecule has 2 aromatic rings. The van der Waals surface area contributed by atoms with E-state index in [-0.39, 0.29) is 19.1 Å². The molecule has 0 bridgehead atoms. The SMILES string of the molecule is COCC1(C(=O)O)CCN(C(=O)c2cccc(-c3ccccn3)c2C)C1. The van der Waals surface area contributed by atoms with E-state index >= 15 is 0 Å². The van der Waals surface area contributed by atoms with E-state index in [9.17, 15) is 14.7 Å². The third-order valence-electron chi connectivity index (χ3n) is 5.02. The van der Waals surface area contributed by atoms with Crippen molar-refractivity contribution in [2.75, 3.05) is 26.8 Å². The van der Waals surface area contributed by atoms with Gasteiger partial charge in [-0.3, -0.25) is 14.6 Å². The normalized spacial score (nSPS) is 19.5. The first-order valence-electron chi connectivity index (χ1n) is 8.51. The number of carboxylic acids is 1. The van der Waals surface area contributed by atoms with Crippen molar-refractivity contribution in [3.05, 3.63) is 53.7 Å². The highest BCUT2D eigenvalue weighted by Crippen LogP contribution is 2.33. The summed E-state index contributed by atoms with van der Waals surface area (Å²) in [6.45, 7) is 2.55. The van der Waals surface area contributed by atoms with Crippen molar-refractivity contribution in [2.24, 2.45) is 5.41 Å². The Morgan fingerprint density at radius 1 is 1.27 bits per heavy atom. The predicted molar refractivity (Wildman–Crippen MR) is 96.9 cm³/mol. The Morgan fingerprint density at radius 3 is 2.73 bits per heavy atom. The molecule has 136 valence electrons. The number of aromatic nitrogens is 1. The molecule has 1 atom stereocenters. The summed E-state index contributed by atoms with van der Waals surface area (Å²) in [5.41, 5.74) is 2.09. The van der Waals surface area contributed by atoms with Gasteiger partial charge in [0.2, 0.25) is 0 Å². The minimum Gasteiger partial charge on any atom is -0.481 e. The minimum absolute atomic E-state index is 0.0963. The average molecular weight is 354 g/mol. The van der Waals surface area contributed by atoms with Crippen molar-refractivity contribution in [2.45, 2.75) is 13.3 Å². The second kappa shape index (κ2) is 7.25. The summed E-state index contributed by atoms with van der Waals surface area (Å²) < 4.78 is 5.10. The Balaban J connectivity index is 1.89. The molecule has 0 radical (unpaired) electrons. The Bertz CT molecular complexity index is 822. The first-order chi connectivity index (χ1) is 12.5. The number of hydrogen-bond acceptors (Lipinski definition) is 4. The molecule has 1 aromatic heterocycles. The fraction of sp³-hybridized carbons (Fsp3) is 0.350. The van der Waals surface area contributed by atoms with Gasteiger partial charge in [-0.15, -0.1) is 0 Å².